The summed E-state index contributed by atoms with van der Waals surface area (Å²) in [6.07, 6.45) is 6.03. The van der Waals surface area contributed by atoms with Gasteiger partial charge in [-0.25, -0.2) is 0 Å². The molecule has 92 valence electrons. The molecule has 0 aromatic rings. The van der Waals surface area contributed by atoms with Crippen LogP contribution in [-0.4, -0.2) is 24.5 Å². The molecule has 1 amide bonds. The van der Waals surface area contributed by atoms with E-state index in [1.165, 1.54) is 19.3 Å². The van der Waals surface area contributed by atoms with Crippen molar-refractivity contribution in [1.29, 1.82) is 0 Å². The quantitative estimate of drug-likeness (QED) is 0.766. The molecule has 3 heteroatoms. The van der Waals surface area contributed by atoms with E-state index in [4.69, 9.17) is 0 Å². The van der Waals surface area contributed by atoms with Gasteiger partial charge < -0.3 is 10.6 Å². The van der Waals surface area contributed by atoms with Crippen molar-refractivity contribution < 1.29 is 4.79 Å². The molecule has 1 heterocycles. The lowest BCUT2D eigenvalue weighted by Crippen LogP contribution is -2.52. The predicted molar refractivity (Wildman–Crippen MR) is 65.2 cm³/mol. The molecule has 1 saturated carbocycles. The van der Waals surface area contributed by atoms with Crippen molar-refractivity contribution in [3.8, 4) is 0 Å². The molecule has 1 aliphatic carbocycles. The van der Waals surface area contributed by atoms with Crippen LogP contribution in [0.15, 0.2) is 0 Å². The summed E-state index contributed by atoms with van der Waals surface area (Å²) in [6, 6.07) is 0. The fraction of sp³-hybridized carbons (Fsp3) is 0.923. The molecule has 2 rings (SSSR count). The van der Waals surface area contributed by atoms with Crippen molar-refractivity contribution in [3.05, 3.63) is 0 Å². The molecule has 3 atom stereocenters. The molecule has 0 bridgehead atoms. The Balaban J connectivity index is 1.79. The Labute approximate surface area is 98.4 Å². The van der Waals surface area contributed by atoms with Crippen LogP contribution in [0, 0.1) is 11.8 Å². The number of carbonyl (C=O) groups is 1. The Hall–Kier alpha value is -0.570. The Morgan fingerprint density at radius 2 is 2.25 bits per heavy atom. The second-order valence-corrected chi connectivity index (χ2v) is 5.74. The molecule has 16 heavy (non-hydrogen) atoms. The van der Waals surface area contributed by atoms with Crippen LogP contribution in [0.25, 0.3) is 0 Å². The van der Waals surface area contributed by atoms with Crippen molar-refractivity contribution in [2.75, 3.05) is 13.1 Å². The van der Waals surface area contributed by atoms with Gasteiger partial charge in [-0.05, 0) is 44.6 Å². The number of nitrogens with one attached hydrogen (secondary N) is 2. The third-order valence-corrected chi connectivity index (χ3v) is 4.43. The van der Waals surface area contributed by atoms with E-state index < -0.39 is 0 Å². The molecular formula is C13H24N2O. The molecular weight excluding hydrogens is 200 g/mol. The number of rotatable bonds is 3. The van der Waals surface area contributed by atoms with Crippen molar-refractivity contribution in [2.45, 2.75) is 51.5 Å². The smallest absolute Gasteiger partial charge is 0.240 e. The van der Waals surface area contributed by atoms with Gasteiger partial charge in [0.15, 0.2) is 0 Å². The summed E-state index contributed by atoms with van der Waals surface area (Å²) >= 11 is 0. The van der Waals surface area contributed by atoms with Gasteiger partial charge in [0.25, 0.3) is 0 Å². The fourth-order valence-corrected chi connectivity index (χ4v) is 3.03. The monoisotopic (exact) mass is 224 g/mol. The summed E-state index contributed by atoms with van der Waals surface area (Å²) in [4.78, 5) is 12.1. The van der Waals surface area contributed by atoms with E-state index in [2.05, 4.69) is 17.6 Å². The van der Waals surface area contributed by atoms with Crippen molar-refractivity contribution in [3.63, 3.8) is 0 Å². The summed E-state index contributed by atoms with van der Waals surface area (Å²) < 4.78 is 0. The van der Waals surface area contributed by atoms with E-state index in [1.54, 1.807) is 0 Å². The third kappa shape index (κ3) is 2.40. The highest BCUT2D eigenvalue weighted by Gasteiger charge is 2.36. The number of hydrogen-bond donors (Lipinski definition) is 2. The molecule has 2 aliphatic rings. The first-order valence-corrected chi connectivity index (χ1v) is 6.65. The first kappa shape index (κ1) is 11.9. The molecule has 0 radical (unpaired) electrons. The first-order chi connectivity index (χ1) is 7.62. The number of carbonyl (C=O) groups excluding carboxylic acids is 1. The topological polar surface area (TPSA) is 41.1 Å². The molecule has 3 unspecified atom stereocenters. The Kier molecular flexibility index (Phi) is 3.53. The molecule has 1 saturated heterocycles. The van der Waals surface area contributed by atoms with Gasteiger partial charge in [0.2, 0.25) is 5.91 Å². The zero-order valence-corrected chi connectivity index (χ0v) is 10.5. The molecule has 2 N–H and O–H groups in total. The van der Waals surface area contributed by atoms with E-state index in [1.807, 2.05) is 6.92 Å². The Morgan fingerprint density at radius 3 is 2.81 bits per heavy atom. The fourth-order valence-electron chi connectivity index (χ4n) is 3.03. The zero-order chi connectivity index (χ0) is 11.6. The van der Waals surface area contributed by atoms with Crippen LogP contribution in [0.4, 0.5) is 0 Å². The van der Waals surface area contributed by atoms with E-state index >= 15 is 0 Å². The zero-order valence-electron chi connectivity index (χ0n) is 10.5. The van der Waals surface area contributed by atoms with Crippen LogP contribution >= 0.6 is 0 Å². The Bertz CT molecular complexity index is 259. The second kappa shape index (κ2) is 4.74. The largest absolute Gasteiger partial charge is 0.354 e. The highest BCUT2D eigenvalue weighted by molar-refractivity contribution is 5.86. The SMILES string of the molecule is CC1CCCC1CNC(=O)C1(C)CCCN1. The first-order valence-electron chi connectivity index (χ1n) is 6.65. The van der Waals surface area contributed by atoms with Crippen LogP contribution in [0.2, 0.25) is 0 Å². The van der Waals surface area contributed by atoms with E-state index in [0.717, 1.165) is 31.8 Å². The maximum Gasteiger partial charge on any atom is 0.240 e. The molecule has 1 aliphatic heterocycles. The van der Waals surface area contributed by atoms with Crippen LogP contribution in [0.5, 0.6) is 0 Å². The van der Waals surface area contributed by atoms with Crippen molar-refractivity contribution in [1.82, 2.24) is 10.6 Å². The highest BCUT2D eigenvalue weighted by atomic mass is 16.2. The lowest BCUT2D eigenvalue weighted by molar-refractivity contribution is -0.126. The molecule has 0 aromatic carbocycles. The van der Waals surface area contributed by atoms with Crippen molar-refractivity contribution >= 4 is 5.91 Å². The third-order valence-electron chi connectivity index (χ3n) is 4.43. The minimum absolute atomic E-state index is 0.198. The summed E-state index contributed by atoms with van der Waals surface area (Å²) in [5.74, 6) is 1.68. The Morgan fingerprint density at radius 1 is 1.44 bits per heavy atom. The van der Waals surface area contributed by atoms with Crippen LogP contribution in [0.1, 0.15) is 46.0 Å². The van der Waals surface area contributed by atoms with E-state index in [9.17, 15) is 4.79 Å². The molecule has 3 nitrogen and oxygen atoms in total. The normalized spacial score (nSPS) is 38.9. The van der Waals surface area contributed by atoms with Gasteiger partial charge >= 0.3 is 0 Å². The van der Waals surface area contributed by atoms with Gasteiger partial charge in [0.05, 0.1) is 5.54 Å². The lowest BCUT2D eigenvalue weighted by atomic mass is 9.96. The number of amides is 1. The van der Waals surface area contributed by atoms with E-state index in [-0.39, 0.29) is 11.4 Å². The summed E-state index contributed by atoms with van der Waals surface area (Å²) in [5.41, 5.74) is -0.304. The van der Waals surface area contributed by atoms with Crippen molar-refractivity contribution in [2.24, 2.45) is 11.8 Å². The standard InChI is InChI=1S/C13H24N2O/c1-10-5-3-6-11(10)9-14-12(16)13(2)7-4-8-15-13/h10-11,15H,3-9H2,1-2H3,(H,14,16). The molecule has 0 spiro atoms. The second-order valence-electron chi connectivity index (χ2n) is 5.74. The van der Waals surface area contributed by atoms with Crippen LogP contribution in [0.3, 0.4) is 0 Å². The van der Waals surface area contributed by atoms with Gasteiger partial charge in [0.1, 0.15) is 0 Å². The van der Waals surface area contributed by atoms with Gasteiger partial charge in [0, 0.05) is 6.54 Å². The lowest BCUT2D eigenvalue weighted by Gasteiger charge is -2.25. The summed E-state index contributed by atoms with van der Waals surface area (Å²) in [5, 5.41) is 6.44. The average Bonchev–Trinajstić information content (AvgIpc) is 2.85. The maximum absolute atomic E-state index is 12.1. The summed E-state index contributed by atoms with van der Waals surface area (Å²) in [7, 11) is 0. The van der Waals surface area contributed by atoms with Gasteiger partial charge in [-0.1, -0.05) is 19.8 Å². The number of hydrogen-bond acceptors (Lipinski definition) is 2. The molecule has 0 aromatic heterocycles. The van der Waals surface area contributed by atoms with Gasteiger partial charge in [-0.2, -0.15) is 0 Å². The average molecular weight is 224 g/mol. The van der Waals surface area contributed by atoms with Gasteiger partial charge in [-0.3, -0.25) is 4.79 Å². The van der Waals surface area contributed by atoms with Gasteiger partial charge in [-0.15, -0.1) is 0 Å². The predicted octanol–water partition coefficient (Wildman–Crippen LogP) is 1.68. The maximum atomic E-state index is 12.1. The molecule has 2 fully saturated rings. The minimum Gasteiger partial charge on any atom is -0.354 e. The summed E-state index contributed by atoms with van der Waals surface area (Å²) in [6.45, 7) is 6.17. The minimum atomic E-state index is -0.304. The van der Waals surface area contributed by atoms with Crippen LogP contribution < -0.4 is 10.6 Å². The highest BCUT2D eigenvalue weighted by Crippen LogP contribution is 2.30. The van der Waals surface area contributed by atoms with E-state index in [0.29, 0.717) is 5.92 Å². The van der Waals surface area contributed by atoms with Crippen LogP contribution in [-0.2, 0) is 4.79 Å².